The van der Waals surface area contributed by atoms with Gasteiger partial charge >= 0.3 is 0 Å². The highest BCUT2D eigenvalue weighted by molar-refractivity contribution is 6.31. The number of carbonyl (C=O) groups is 1. The average Bonchev–Trinajstić information content (AvgIpc) is 2.48. The van der Waals surface area contributed by atoms with Crippen LogP contribution in [0.1, 0.15) is 15.9 Å². The van der Waals surface area contributed by atoms with Crippen LogP contribution in [0.4, 0.5) is 10.1 Å². The van der Waals surface area contributed by atoms with Crippen molar-refractivity contribution in [2.24, 2.45) is 0 Å². The van der Waals surface area contributed by atoms with Gasteiger partial charge in [-0.05, 0) is 23.8 Å². The Morgan fingerprint density at radius 3 is 2.62 bits per heavy atom. The maximum absolute atomic E-state index is 13.7. The van der Waals surface area contributed by atoms with E-state index in [-0.39, 0.29) is 11.6 Å². The Bertz CT molecular complexity index is 660. The number of nitrogens with zero attached hydrogens (tertiary/aromatic N) is 1. The minimum atomic E-state index is -0.450. The molecule has 0 spiro atoms. The lowest BCUT2D eigenvalue weighted by molar-refractivity contribution is 0.0785. The Labute approximate surface area is 128 Å². The highest BCUT2D eigenvalue weighted by Gasteiger charge is 2.18. The zero-order chi connectivity index (χ0) is 15.4. The highest BCUT2D eigenvalue weighted by atomic mass is 35.5. The number of amides is 1. The predicted octanol–water partition coefficient (Wildman–Crippen LogP) is 3.79. The fourth-order valence-electron chi connectivity index (χ4n) is 2.12. The van der Waals surface area contributed by atoms with Gasteiger partial charge in [-0.2, -0.15) is 0 Å². The van der Waals surface area contributed by atoms with E-state index in [1.807, 2.05) is 18.2 Å². The van der Waals surface area contributed by atoms with Gasteiger partial charge < -0.3 is 10.2 Å². The summed E-state index contributed by atoms with van der Waals surface area (Å²) in [4.78, 5) is 14.0. The zero-order valence-corrected chi connectivity index (χ0v) is 12.6. The molecule has 0 saturated carbocycles. The van der Waals surface area contributed by atoms with Gasteiger partial charge in [0.05, 0.1) is 11.3 Å². The first-order chi connectivity index (χ1) is 10.0. The molecule has 1 N–H and O–H groups in total. The first-order valence-corrected chi connectivity index (χ1v) is 6.87. The number of benzene rings is 2. The summed E-state index contributed by atoms with van der Waals surface area (Å²) in [6.45, 7) is 0.359. The van der Waals surface area contributed by atoms with E-state index in [0.717, 1.165) is 5.56 Å². The molecule has 2 rings (SSSR count). The number of carbonyl (C=O) groups excluding carboxylic acids is 1. The molecule has 0 fully saturated rings. The number of halogens is 2. The summed E-state index contributed by atoms with van der Waals surface area (Å²) in [5.41, 5.74) is 1.35. The minimum absolute atomic E-state index is 0.202. The standard InChI is InChI=1S/C16H16ClFN2O/c1-19-15-12(7-5-9-14(15)18)16(21)20(2)10-11-6-3-4-8-13(11)17/h3-9,19H,10H2,1-2H3. The summed E-state index contributed by atoms with van der Waals surface area (Å²) in [5.74, 6) is -0.715. The van der Waals surface area contributed by atoms with E-state index in [2.05, 4.69) is 5.32 Å². The van der Waals surface area contributed by atoms with E-state index >= 15 is 0 Å². The zero-order valence-electron chi connectivity index (χ0n) is 11.9. The van der Waals surface area contributed by atoms with Gasteiger partial charge in [0.1, 0.15) is 5.82 Å². The number of para-hydroxylation sites is 1. The van der Waals surface area contributed by atoms with Gasteiger partial charge in [-0.15, -0.1) is 0 Å². The van der Waals surface area contributed by atoms with Crippen LogP contribution in [-0.4, -0.2) is 24.9 Å². The van der Waals surface area contributed by atoms with Crippen molar-refractivity contribution >= 4 is 23.2 Å². The normalized spacial score (nSPS) is 10.3. The third-order valence-electron chi connectivity index (χ3n) is 3.21. The summed E-state index contributed by atoms with van der Waals surface area (Å²) in [6, 6.07) is 11.8. The summed E-state index contributed by atoms with van der Waals surface area (Å²) >= 11 is 6.09. The Balaban J connectivity index is 2.24. The summed E-state index contributed by atoms with van der Waals surface area (Å²) in [7, 11) is 3.25. The van der Waals surface area contributed by atoms with Crippen LogP contribution in [-0.2, 0) is 6.54 Å². The third-order valence-corrected chi connectivity index (χ3v) is 3.57. The van der Waals surface area contributed by atoms with E-state index in [9.17, 15) is 9.18 Å². The van der Waals surface area contributed by atoms with Crippen LogP contribution in [0, 0.1) is 5.82 Å². The molecule has 2 aromatic rings. The number of anilines is 1. The van der Waals surface area contributed by atoms with Crippen LogP contribution in [0.15, 0.2) is 42.5 Å². The van der Waals surface area contributed by atoms with Gasteiger partial charge in [-0.25, -0.2) is 4.39 Å². The number of nitrogens with one attached hydrogen (secondary N) is 1. The quantitative estimate of drug-likeness (QED) is 0.932. The molecule has 0 radical (unpaired) electrons. The molecular weight excluding hydrogens is 291 g/mol. The fraction of sp³-hybridized carbons (Fsp3) is 0.188. The average molecular weight is 307 g/mol. The largest absolute Gasteiger partial charge is 0.385 e. The molecule has 21 heavy (non-hydrogen) atoms. The van der Waals surface area contributed by atoms with Crippen molar-refractivity contribution in [1.29, 1.82) is 0 Å². The topological polar surface area (TPSA) is 32.3 Å². The second-order valence-corrected chi connectivity index (χ2v) is 5.07. The van der Waals surface area contributed by atoms with Crippen LogP contribution >= 0.6 is 11.6 Å². The van der Waals surface area contributed by atoms with Gasteiger partial charge in [0.15, 0.2) is 0 Å². The SMILES string of the molecule is CNc1c(F)cccc1C(=O)N(C)Cc1ccccc1Cl. The molecule has 1 amide bonds. The van der Waals surface area contributed by atoms with E-state index in [1.54, 1.807) is 26.2 Å². The molecule has 0 saturated heterocycles. The predicted molar refractivity (Wildman–Crippen MR) is 83.2 cm³/mol. The lowest BCUT2D eigenvalue weighted by Crippen LogP contribution is -2.27. The highest BCUT2D eigenvalue weighted by Crippen LogP contribution is 2.22. The fourth-order valence-corrected chi connectivity index (χ4v) is 2.31. The smallest absolute Gasteiger partial charge is 0.256 e. The lowest BCUT2D eigenvalue weighted by atomic mass is 10.1. The molecular formula is C16H16ClFN2O. The Morgan fingerprint density at radius 1 is 1.24 bits per heavy atom. The van der Waals surface area contributed by atoms with Crippen molar-refractivity contribution in [3.05, 3.63) is 64.4 Å². The van der Waals surface area contributed by atoms with Gasteiger partial charge in [-0.1, -0.05) is 35.9 Å². The molecule has 0 heterocycles. The molecule has 0 aliphatic rings. The third kappa shape index (κ3) is 3.34. The number of rotatable bonds is 4. The number of hydrogen-bond donors (Lipinski definition) is 1. The van der Waals surface area contributed by atoms with Gasteiger partial charge in [0.25, 0.3) is 5.91 Å². The van der Waals surface area contributed by atoms with Gasteiger partial charge in [-0.3, -0.25) is 4.79 Å². The van der Waals surface area contributed by atoms with E-state index < -0.39 is 5.82 Å². The van der Waals surface area contributed by atoms with Crippen LogP contribution in [0.5, 0.6) is 0 Å². The first-order valence-electron chi connectivity index (χ1n) is 6.49. The molecule has 0 aromatic heterocycles. The second kappa shape index (κ2) is 6.59. The molecule has 3 nitrogen and oxygen atoms in total. The molecule has 5 heteroatoms. The molecule has 0 atom stereocenters. The maximum Gasteiger partial charge on any atom is 0.256 e. The van der Waals surface area contributed by atoms with Crippen LogP contribution < -0.4 is 5.32 Å². The molecule has 0 aliphatic carbocycles. The van der Waals surface area contributed by atoms with E-state index in [1.165, 1.54) is 17.0 Å². The van der Waals surface area contributed by atoms with Crippen molar-refractivity contribution < 1.29 is 9.18 Å². The number of hydrogen-bond acceptors (Lipinski definition) is 2. The van der Waals surface area contributed by atoms with Gasteiger partial charge in [0.2, 0.25) is 0 Å². The van der Waals surface area contributed by atoms with Crippen molar-refractivity contribution in [3.8, 4) is 0 Å². The monoisotopic (exact) mass is 306 g/mol. The molecule has 0 bridgehead atoms. The van der Waals surface area contributed by atoms with Gasteiger partial charge in [0, 0.05) is 25.7 Å². The summed E-state index contributed by atoms with van der Waals surface area (Å²) < 4.78 is 13.7. The lowest BCUT2D eigenvalue weighted by Gasteiger charge is -2.20. The Hall–Kier alpha value is -2.07. The van der Waals surface area contributed by atoms with Crippen LogP contribution in [0.3, 0.4) is 0 Å². The minimum Gasteiger partial charge on any atom is -0.385 e. The molecule has 0 unspecified atom stereocenters. The van der Waals surface area contributed by atoms with Crippen molar-refractivity contribution in [1.82, 2.24) is 4.90 Å². The molecule has 0 aliphatic heterocycles. The summed E-state index contributed by atoms with van der Waals surface area (Å²) in [5, 5.41) is 3.33. The van der Waals surface area contributed by atoms with E-state index in [4.69, 9.17) is 11.6 Å². The van der Waals surface area contributed by atoms with Crippen LogP contribution in [0.25, 0.3) is 0 Å². The summed E-state index contributed by atoms with van der Waals surface area (Å²) in [6.07, 6.45) is 0. The van der Waals surface area contributed by atoms with Crippen molar-refractivity contribution in [2.45, 2.75) is 6.54 Å². The first kappa shape index (κ1) is 15.3. The Kier molecular flexibility index (Phi) is 4.81. The van der Waals surface area contributed by atoms with E-state index in [0.29, 0.717) is 17.1 Å². The van der Waals surface area contributed by atoms with Crippen molar-refractivity contribution in [3.63, 3.8) is 0 Å². The molecule has 2 aromatic carbocycles. The second-order valence-electron chi connectivity index (χ2n) is 4.67. The van der Waals surface area contributed by atoms with Crippen molar-refractivity contribution in [2.75, 3.05) is 19.4 Å². The van der Waals surface area contributed by atoms with Crippen LogP contribution in [0.2, 0.25) is 5.02 Å². The maximum atomic E-state index is 13.7. The Morgan fingerprint density at radius 2 is 1.95 bits per heavy atom. The molecule has 110 valence electrons.